The van der Waals surface area contributed by atoms with E-state index in [1.54, 1.807) is 47.4 Å². The minimum atomic E-state index is -0.314. The van der Waals surface area contributed by atoms with Crippen LogP contribution in [0.15, 0.2) is 42.5 Å². The summed E-state index contributed by atoms with van der Waals surface area (Å²) in [6, 6.07) is 10.3. The Kier molecular flexibility index (Phi) is 6.04. The third kappa shape index (κ3) is 4.62. The molecular formula is C20H18Cl2N2O3. The fourth-order valence-electron chi connectivity index (χ4n) is 2.73. The molecule has 2 amide bonds. The number of fused-ring (bicyclic) bond motifs is 1. The molecule has 0 bridgehead atoms. The van der Waals surface area contributed by atoms with Gasteiger partial charge in [0.05, 0.1) is 5.69 Å². The molecule has 1 aliphatic rings. The second kappa shape index (κ2) is 8.46. The van der Waals surface area contributed by atoms with E-state index in [9.17, 15) is 9.59 Å². The molecule has 0 aliphatic carbocycles. The summed E-state index contributed by atoms with van der Waals surface area (Å²) in [5.41, 5.74) is 1.93. The van der Waals surface area contributed by atoms with E-state index in [1.807, 2.05) is 6.92 Å². The number of carbonyl (C=O) groups is 2. The maximum absolute atomic E-state index is 12.2. The molecular weight excluding hydrogens is 387 g/mol. The zero-order valence-electron chi connectivity index (χ0n) is 14.7. The van der Waals surface area contributed by atoms with Crippen molar-refractivity contribution in [3.63, 3.8) is 0 Å². The van der Waals surface area contributed by atoms with Crippen molar-refractivity contribution in [3.8, 4) is 5.75 Å². The molecule has 0 aromatic heterocycles. The lowest BCUT2D eigenvalue weighted by Gasteiger charge is -2.29. The second-order valence-electron chi connectivity index (χ2n) is 6.00. The Hall–Kier alpha value is -2.50. The highest BCUT2D eigenvalue weighted by Gasteiger charge is 2.25. The van der Waals surface area contributed by atoms with Gasteiger partial charge in [0.2, 0.25) is 5.91 Å². The molecule has 2 aromatic carbocycles. The van der Waals surface area contributed by atoms with E-state index in [-0.39, 0.29) is 18.4 Å². The summed E-state index contributed by atoms with van der Waals surface area (Å²) >= 11 is 12.0. The first-order valence-electron chi connectivity index (χ1n) is 8.49. The average Bonchev–Trinajstić information content (AvgIpc) is 2.63. The highest BCUT2D eigenvalue weighted by Crippen LogP contribution is 2.34. The van der Waals surface area contributed by atoms with Crippen molar-refractivity contribution in [2.45, 2.75) is 13.3 Å². The van der Waals surface area contributed by atoms with Gasteiger partial charge < -0.3 is 15.0 Å². The van der Waals surface area contributed by atoms with Crippen molar-refractivity contribution in [1.82, 2.24) is 0 Å². The van der Waals surface area contributed by atoms with Gasteiger partial charge in [-0.15, -0.1) is 0 Å². The predicted molar refractivity (Wildman–Crippen MR) is 109 cm³/mol. The molecule has 7 heteroatoms. The summed E-state index contributed by atoms with van der Waals surface area (Å²) in [5.74, 6) is 0.223. The monoisotopic (exact) mass is 404 g/mol. The van der Waals surface area contributed by atoms with Gasteiger partial charge in [-0.2, -0.15) is 0 Å². The summed E-state index contributed by atoms with van der Waals surface area (Å²) in [5, 5.41) is 3.78. The van der Waals surface area contributed by atoms with Gasteiger partial charge in [-0.05, 0) is 48.4 Å². The zero-order chi connectivity index (χ0) is 19.4. The third-order valence-corrected chi connectivity index (χ3v) is 4.56. The molecule has 0 atom stereocenters. The van der Waals surface area contributed by atoms with Crippen molar-refractivity contribution in [2.75, 3.05) is 23.4 Å². The van der Waals surface area contributed by atoms with E-state index in [2.05, 4.69) is 5.32 Å². The molecule has 5 nitrogen and oxygen atoms in total. The van der Waals surface area contributed by atoms with Crippen molar-refractivity contribution in [1.29, 1.82) is 0 Å². The van der Waals surface area contributed by atoms with Crippen molar-refractivity contribution in [3.05, 3.63) is 58.1 Å². The number of benzene rings is 2. The van der Waals surface area contributed by atoms with E-state index in [1.165, 1.54) is 6.08 Å². The topological polar surface area (TPSA) is 58.6 Å². The first-order valence-corrected chi connectivity index (χ1v) is 9.25. The molecule has 0 saturated heterocycles. The van der Waals surface area contributed by atoms with Gasteiger partial charge in [-0.25, -0.2) is 0 Å². The molecule has 0 spiro atoms. The second-order valence-corrected chi connectivity index (χ2v) is 6.85. The highest BCUT2D eigenvalue weighted by atomic mass is 35.5. The predicted octanol–water partition coefficient (Wildman–Crippen LogP) is 4.78. The lowest BCUT2D eigenvalue weighted by molar-refractivity contribution is -0.121. The number of amides is 2. The number of ether oxygens (including phenoxy) is 1. The van der Waals surface area contributed by atoms with E-state index in [4.69, 9.17) is 27.9 Å². The van der Waals surface area contributed by atoms with Gasteiger partial charge in [0.1, 0.15) is 5.75 Å². The lowest BCUT2D eigenvalue weighted by atomic mass is 10.2. The van der Waals surface area contributed by atoms with E-state index in [0.29, 0.717) is 39.3 Å². The van der Waals surface area contributed by atoms with Crippen LogP contribution in [-0.2, 0) is 9.59 Å². The maximum Gasteiger partial charge on any atom is 0.265 e. The molecule has 27 heavy (non-hydrogen) atoms. The molecule has 1 aliphatic heterocycles. The first kappa shape index (κ1) is 19.3. The number of carbonyl (C=O) groups excluding carboxylic acids is 2. The van der Waals surface area contributed by atoms with Gasteiger partial charge in [-0.1, -0.05) is 36.2 Å². The number of hydrogen-bond donors (Lipinski definition) is 1. The molecule has 0 radical (unpaired) electrons. The minimum absolute atomic E-state index is 0.0310. The van der Waals surface area contributed by atoms with Crippen LogP contribution in [0.4, 0.5) is 11.4 Å². The largest absolute Gasteiger partial charge is 0.482 e. The van der Waals surface area contributed by atoms with Crippen molar-refractivity contribution >= 4 is 52.5 Å². The number of nitrogens with zero attached hydrogens (tertiary/aromatic N) is 1. The minimum Gasteiger partial charge on any atom is -0.482 e. The summed E-state index contributed by atoms with van der Waals surface area (Å²) in [4.78, 5) is 26.0. The average molecular weight is 405 g/mol. The van der Waals surface area contributed by atoms with Gasteiger partial charge in [-0.3, -0.25) is 9.59 Å². The number of anilines is 2. The molecule has 140 valence electrons. The van der Waals surface area contributed by atoms with Crippen LogP contribution in [0.3, 0.4) is 0 Å². The Labute approximate surface area is 167 Å². The van der Waals surface area contributed by atoms with Gasteiger partial charge in [0.25, 0.3) is 5.91 Å². The third-order valence-electron chi connectivity index (χ3n) is 3.99. The molecule has 0 unspecified atom stereocenters. The molecule has 3 rings (SSSR count). The van der Waals surface area contributed by atoms with E-state index >= 15 is 0 Å². The van der Waals surface area contributed by atoms with Crippen LogP contribution in [0.5, 0.6) is 5.75 Å². The fourth-order valence-corrected chi connectivity index (χ4v) is 3.21. The van der Waals surface area contributed by atoms with Crippen molar-refractivity contribution in [2.24, 2.45) is 0 Å². The Morgan fingerprint density at radius 3 is 2.81 bits per heavy atom. The summed E-state index contributed by atoms with van der Waals surface area (Å²) < 4.78 is 5.46. The zero-order valence-corrected chi connectivity index (χ0v) is 16.2. The Balaban J connectivity index is 1.75. The number of hydrogen-bond acceptors (Lipinski definition) is 3. The van der Waals surface area contributed by atoms with E-state index in [0.717, 1.165) is 6.42 Å². The SMILES string of the molecule is CCCN1C(=O)COc2ccc(NC(=O)/C=C/c3ccc(Cl)cc3Cl)cc21. The Bertz CT molecular complexity index is 912. The number of rotatable bonds is 5. The van der Waals surface area contributed by atoms with Gasteiger partial charge in [0.15, 0.2) is 6.61 Å². The van der Waals surface area contributed by atoms with Crippen LogP contribution >= 0.6 is 23.2 Å². The summed E-state index contributed by atoms with van der Waals surface area (Å²) in [6.45, 7) is 2.63. The smallest absolute Gasteiger partial charge is 0.265 e. The molecule has 0 saturated carbocycles. The number of nitrogens with one attached hydrogen (secondary N) is 1. The van der Waals surface area contributed by atoms with E-state index < -0.39 is 0 Å². The van der Waals surface area contributed by atoms with Crippen LogP contribution in [-0.4, -0.2) is 25.0 Å². The Morgan fingerprint density at radius 1 is 1.26 bits per heavy atom. The molecule has 1 N–H and O–H groups in total. The summed E-state index contributed by atoms with van der Waals surface area (Å²) in [7, 11) is 0. The normalized spacial score (nSPS) is 13.4. The molecule has 2 aromatic rings. The quantitative estimate of drug-likeness (QED) is 0.729. The first-order chi connectivity index (χ1) is 13.0. The number of halogens is 2. The van der Waals surface area contributed by atoms with Crippen LogP contribution in [0.1, 0.15) is 18.9 Å². The van der Waals surface area contributed by atoms with Crippen LogP contribution in [0, 0.1) is 0 Å². The Morgan fingerprint density at radius 2 is 2.07 bits per heavy atom. The van der Waals surface area contributed by atoms with Gasteiger partial charge in [0, 0.05) is 28.4 Å². The maximum atomic E-state index is 12.2. The molecule has 1 heterocycles. The fraction of sp³-hybridized carbons (Fsp3) is 0.200. The van der Waals surface area contributed by atoms with Crippen molar-refractivity contribution < 1.29 is 14.3 Å². The summed E-state index contributed by atoms with van der Waals surface area (Å²) in [6.07, 6.45) is 3.83. The van der Waals surface area contributed by atoms with Crippen LogP contribution < -0.4 is 15.0 Å². The standard InChI is InChI=1S/C20H18Cl2N2O3/c1-2-9-24-17-11-15(6-7-18(17)27-12-20(24)26)23-19(25)8-4-13-3-5-14(21)10-16(13)22/h3-8,10-11H,2,9,12H2,1H3,(H,23,25)/b8-4+. The molecule has 0 fully saturated rings. The lowest BCUT2D eigenvalue weighted by Crippen LogP contribution is -2.39. The highest BCUT2D eigenvalue weighted by molar-refractivity contribution is 6.35. The van der Waals surface area contributed by atoms with Crippen LogP contribution in [0.2, 0.25) is 10.0 Å². The van der Waals surface area contributed by atoms with Crippen LogP contribution in [0.25, 0.3) is 6.08 Å². The van der Waals surface area contributed by atoms with Gasteiger partial charge >= 0.3 is 0 Å².